The number of cyclic esters (lactones) is 1. The van der Waals surface area contributed by atoms with Gasteiger partial charge in [-0.05, 0) is 68.7 Å². The molecule has 21 heteroatoms. The van der Waals surface area contributed by atoms with E-state index in [9.17, 15) is 36.3 Å². The van der Waals surface area contributed by atoms with Gasteiger partial charge in [0.15, 0.2) is 19.7 Å². The molecular weight excluding hydrogens is 1130 g/mol. The van der Waals surface area contributed by atoms with Gasteiger partial charge in [0.1, 0.15) is 11.9 Å². The Morgan fingerprint density at radius 3 is 1.59 bits per heavy atom. The number of aliphatic hydroxyl groups is 2. The summed E-state index contributed by atoms with van der Waals surface area (Å²) in [7, 11) is -8.99. The molecule has 2 aromatic carbocycles. The van der Waals surface area contributed by atoms with Crippen LogP contribution < -0.4 is 138 Å². The number of Topliss-reactive ketones (excluding diaryl/α,β-unsaturated/α-hetero) is 1. The Morgan fingerprint density at radius 1 is 0.812 bits per heavy atom. The predicted molar refractivity (Wildman–Crippen MR) is 230 cm³/mol. The summed E-state index contributed by atoms with van der Waals surface area (Å²) in [6.07, 6.45) is 3.44. The quantitative estimate of drug-likeness (QED) is 0.0838. The maximum absolute atomic E-state index is 12.9. The molecular formula is C43H61Cs2NO15S3. The number of ketones is 1. The average Bonchev–Trinajstić information content (AvgIpc) is 3.83. The number of nitrogens with zero attached hydrogens (tertiary/aromatic N) is 1. The molecule has 0 bridgehead atoms. The molecule has 3 saturated heterocycles. The van der Waals surface area contributed by atoms with Crippen molar-refractivity contribution in [2.75, 3.05) is 25.2 Å². The van der Waals surface area contributed by atoms with Crippen molar-refractivity contribution < 1.29 is 206 Å². The molecule has 0 saturated carbocycles. The Morgan fingerprint density at radius 2 is 1.22 bits per heavy atom. The van der Waals surface area contributed by atoms with Crippen LogP contribution in [0.3, 0.4) is 0 Å². The standard InChI is InChI=1S/C21H27NO6S.C21H30O5S.CH4O.2Cs.O3S/c1-4-8-19-18(13-29(25,26)17-9-6-5-7-10-17)14(2)20(28-19)11-16-12-22(15(3)23)21(24)27-16;1-4-8-20-19(14-27(24,25)18-9-6-5-7-10-18)16(3)21(26-20)13-17(23)12-11-15(2)22;1-2;;;1-4(2)3/h4-7,9-10,14,16,18-20H,1,8,11-13H2,2-3H3;4-7,9-10,16-17,19-21,23H,1,8,11-14H2,2-3H3;2H,1H3;;;/q;;;2*+1;-2/t14-,16+,18-,19+,20-;16-,17-,19-,20+,21-;;;;/m11..../s1. The maximum atomic E-state index is 12.9. The largest absolute Gasteiger partial charge is 1.00 e. The van der Waals surface area contributed by atoms with Crippen LogP contribution >= 0.6 is 0 Å². The molecule has 10 atom stereocenters. The zero-order valence-corrected chi connectivity index (χ0v) is 52.9. The number of aliphatic hydroxyl groups excluding tert-OH is 2. The summed E-state index contributed by atoms with van der Waals surface area (Å²) in [6, 6.07) is 16.9. The van der Waals surface area contributed by atoms with E-state index in [0.29, 0.717) is 48.3 Å². The second-order valence-corrected chi connectivity index (χ2v) is 19.9. The van der Waals surface area contributed by atoms with E-state index in [1.165, 1.54) is 13.8 Å². The Balaban J connectivity index is 0.00000108. The van der Waals surface area contributed by atoms with Crippen LogP contribution in [-0.2, 0) is 62.9 Å². The molecule has 3 aliphatic rings. The predicted octanol–water partition coefficient (Wildman–Crippen LogP) is -0.968. The van der Waals surface area contributed by atoms with Gasteiger partial charge in [-0.2, -0.15) is 11.0 Å². The van der Waals surface area contributed by atoms with Crippen LogP contribution in [0.25, 0.3) is 0 Å². The van der Waals surface area contributed by atoms with Gasteiger partial charge in [0, 0.05) is 38.7 Å². The molecule has 2 N–H and O–H groups in total. The number of carbonyl (C=O) groups is 3. The topological polar surface area (TPSA) is 248 Å². The molecule has 64 heavy (non-hydrogen) atoms. The van der Waals surface area contributed by atoms with Gasteiger partial charge in [-0.1, -0.05) is 62.4 Å². The van der Waals surface area contributed by atoms with Crippen LogP contribution in [0, 0.1) is 23.7 Å². The van der Waals surface area contributed by atoms with Crippen molar-refractivity contribution >= 4 is 48.4 Å². The first-order valence-corrected chi connectivity index (χ1v) is 24.5. The van der Waals surface area contributed by atoms with Gasteiger partial charge in [-0.25, -0.2) is 26.5 Å². The number of amides is 2. The van der Waals surface area contributed by atoms with Crippen molar-refractivity contribution in [1.82, 2.24) is 4.90 Å². The number of carbonyl (C=O) groups excluding carboxylic acids is 3. The molecule has 348 valence electrons. The first-order chi connectivity index (χ1) is 29.2. The van der Waals surface area contributed by atoms with Gasteiger partial charge in [0.25, 0.3) is 0 Å². The molecule has 3 fully saturated rings. The van der Waals surface area contributed by atoms with Gasteiger partial charge in [0.2, 0.25) is 5.91 Å². The van der Waals surface area contributed by atoms with Gasteiger partial charge < -0.3 is 42.2 Å². The third kappa shape index (κ3) is 21.1. The summed E-state index contributed by atoms with van der Waals surface area (Å²) in [4.78, 5) is 36.1. The van der Waals surface area contributed by atoms with Crippen LogP contribution in [0.5, 0.6) is 0 Å². The Hall–Kier alpha value is 0.284. The van der Waals surface area contributed by atoms with Crippen molar-refractivity contribution in [2.24, 2.45) is 23.7 Å². The SMILES string of the molecule is C=CC[C@@H]1O[C@H](C[C@H](O)CCC(C)=O)[C@H](C)[C@H]1CS(=O)(=O)c1ccccc1.C=CC[C@@H]1O[C@H](C[C@H]2CN(C(C)=O)C(=O)O2)[C@H](C)[C@H]1CS(=O)(=O)c1ccccc1.CO.O=[S-](=O)[O-].[Cs+].[Cs+]. The summed E-state index contributed by atoms with van der Waals surface area (Å²) in [5.41, 5.74) is 0. The molecule has 0 aliphatic carbocycles. The molecule has 0 unspecified atom stereocenters. The van der Waals surface area contributed by atoms with Crippen LogP contribution in [0.1, 0.15) is 66.2 Å². The van der Waals surface area contributed by atoms with Gasteiger partial charge in [0.05, 0.1) is 58.4 Å². The van der Waals surface area contributed by atoms with Gasteiger partial charge >= 0.3 is 144 Å². The van der Waals surface area contributed by atoms with Crippen LogP contribution in [0.15, 0.2) is 95.8 Å². The molecule has 0 spiro atoms. The van der Waals surface area contributed by atoms with E-state index >= 15 is 0 Å². The second-order valence-electron chi connectivity index (χ2n) is 15.4. The molecule has 5 rings (SSSR count). The number of hydrogen-bond acceptors (Lipinski definition) is 16. The first kappa shape index (κ1) is 64.3. The fourth-order valence-electron chi connectivity index (χ4n) is 7.85. The summed E-state index contributed by atoms with van der Waals surface area (Å²) in [6.45, 7) is 14.5. The van der Waals surface area contributed by atoms with E-state index in [4.69, 9.17) is 32.3 Å². The second kappa shape index (κ2) is 32.2. The fourth-order valence-corrected chi connectivity index (χ4v) is 11.4. The molecule has 0 radical (unpaired) electrons. The number of benzene rings is 2. The minimum absolute atomic E-state index is 0. The molecule has 2 amide bonds. The third-order valence-corrected chi connectivity index (χ3v) is 14.7. The number of imide groups is 1. The molecule has 0 aromatic heterocycles. The van der Waals surface area contributed by atoms with Crippen molar-refractivity contribution in [3.05, 3.63) is 86.0 Å². The zero-order valence-electron chi connectivity index (χ0n) is 37.9. The van der Waals surface area contributed by atoms with Crippen LogP contribution in [0.2, 0.25) is 0 Å². The summed E-state index contributed by atoms with van der Waals surface area (Å²) in [5.74, 6) is -0.750. The summed E-state index contributed by atoms with van der Waals surface area (Å²) in [5, 5.41) is 17.2. The Kier molecular flexibility index (Phi) is 32.4. The summed E-state index contributed by atoms with van der Waals surface area (Å²) >= 11 is 0. The Bertz CT molecular complexity index is 2050. The van der Waals surface area contributed by atoms with Gasteiger partial charge in [-0.3, -0.25) is 4.79 Å². The number of sulfone groups is 2. The molecule has 3 heterocycles. The van der Waals surface area contributed by atoms with E-state index in [0.717, 1.165) is 12.0 Å². The zero-order chi connectivity index (χ0) is 46.8. The number of ether oxygens (including phenoxy) is 3. The molecule has 2 aromatic rings. The summed E-state index contributed by atoms with van der Waals surface area (Å²) < 4.78 is 94.3. The van der Waals surface area contributed by atoms with Crippen molar-refractivity contribution in [3.8, 4) is 0 Å². The Labute approximate surface area is 498 Å². The van der Waals surface area contributed by atoms with E-state index in [1.807, 2.05) is 13.8 Å². The number of hydrogen-bond donors (Lipinski definition) is 2. The monoisotopic (exact) mass is 1190 g/mol. The fraction of sp³-hybridized carbons (Fsp3) is 0.558. The first-order valence-electron chi connectivity index (χ1n) is 20.2. The van der Waals surface area contributed by atoms with Crippen molar-refractivity contribution in [3.63, 3.8) is 0 Å². The minimum Gasteiger partial charge on any atom is -0.917 e. The van der Waals surface area contributed by atoms with E-state index in [1.54, 1.807) is 72.8 Å². The van der Waals surface area contributed by atoms with E-state index in [-0.39, 0.29) is 216 Å². The third-order valence-electron chi connectivity index (χ3n) is 11.1. The number of rotatable bonds is 17. The normalized spacial score (nSPS) is 25.3. The van der Waals surface area contributed by atoms with Crippen molar-refractivity contribution in [2.45, 2.75) is 113 Å². The molecule has 3 aliphatic heterocycles. The van der Waals surface area contributed by atoms with E-state index < -0.39 is 49.0 Å². The molecule has 16 nitrogen and oxygen atoms in total. The van der Waals surface area contributed by atoms with Crippen LogP contribution in [0.4, 0.5) is 4.79 Å². The van der Waals surface area contributed by atoms with Gasteiger partial charge in [-0.15, -0.1) is 13.2 Å². The van der Waals surface area contributed by atoms with Crippen molar-refractivity contribution in [1.29, 1.82) is 0 Å². The van der Waals surface area contributed by atoms with E-state index in [2.05, 4.69) is 13.2 Å². The van der Waals surface area contributed by atoms with Crippen LogP contribution in [-0.4, -0.2) is 116 Å². The maximum Gasteiger partial charge on any atom is 1.00 e. The minimum atomic E-state index is -3.46. The average molecular weight is 1190 g/mol. The smallest absolute Gasteiger partial charge is 0.917 e.